The van der Waals surface area contributed by atoms with Gasteiger partial charge in [0.2, 0.25) is 0 Å². The van der Waals surface area contributed by atoms with E-state index in [2.05, 4.69) is 199 Å². The van der Waals surface area contributed by atoms with Crippen LogP contribution in [-0.2, 0) is 5.41 Å². The van der Waals surface area contributed by atoms with Gasteiger partial charge in [-0.15, -0.1) is 0 Å². The van der Waals surface area contributed by atoms with Crippen LogP contribution in [-0.4, -0.2) is 0 Å². The molecule has 2 heteroatoms. The number of rotatable bonds is 4. The highest BCUT2D eigenvalue weighted by Crippen LogP contribution is 2.64. The predicted molar refractivity (Wildman–Crippen MR) is 228 cm³/mol. The minimum absolute atomic E-state index is 0.440. The molecular weight excluding hydrogens is 667 g/mol. The van der Waals surface area contributed by atoms with E-state index in [-0.39, 0.29) is 0 Å². The molecule has 0 fully saturated rings. The van der Waals surface area contributed by atoms with Crippen molar-refractivity contribution < 1.29 is 4.42 Å². The summed E-state index contributed by atoms with van der Waals surface area (Å²) in [6, 6.07) is 73.2. The molecule has 2 aliphatic rings. The van der Waals surface area contributed by atoms with Crippen molar-refractivity contribution in [3.05, 3.63) is 222 Å². The number of benzene rings is 9. The minimum atomic E-state index is -0.440. The average molecular weight is 700 g/mol. The third-order valence-electron chi connectivity index (χ3n) is 12.1. The lowest BCUT2D eigenvalue weighted by Crippen LogP contribution is -2.26. The van der Waals surface area contributed by atoms with Crippen molar-refractivity contribution in [2.45, 2.75) is 5.41 Å². The average Bonchev–Trinajstić information content (AvgIpc) is 3.89. The Labute approximate surface area is 319 Å². The molecule has 0 N–H and O–H groups in total. The molecule has 2 nitrogen and oxygen atoms in total. The van der Waals surface area contributed by atoms with Crippen LogP contribution in [0.5, 0.6) is 0 Å². The normalized spacial score (nSPS) is 13.2. The Hall–Kier alpha value is -7.16. The topological polar surface area (TPSA) is 16.4 Å². The molecule has 0 amide bonds. The summed E-state index contributed by atoms with van der Waals surface area (Å²) < 4.78 is 6.78. The molecule has 0 atom stereocenters. The van der Waals surface area contributed by atoms with Gasteiger partial charge in [-0.05, 0) is 91.2 Å². The van der Waals surface area contributed by atoms with Crippen molar-refractivity contribution in [1.82, 2.24) is 0 Å². The Morgan fingerprint density at radius 3 is 1.67 bits per heavy atom. The van der Waals surface area contributed by atoms with Gasteiger partial charge in [-0.3, -0.25) is 0 Å². The molecule has 55 heavy (non-hydrogen) atoms. The van der Waals surface area contributed by atoms with E-state index < -0.39 is 5.41 Å². The van der Waals surface area contributed by atoms with Crippen LogP contribution < -0.4 is 4.90 Å². The van der Waals surface area contributed by atoms with Crippen LogP contribution in [0, 0.1) is 0 Å². The molecule has 1 heterocycles. The SMILES string of the molecule is c1ccc2c(c1)-c1ccccc1C21c2ccccc2-c2c(N(c3ccc(-c4cccc5ccccc45)cc3)c3cccc4c3oc3ccccc34)cccc21. The summed E-state index contributed by atoms with van der Waals surface area (Å²) in [5.74, 6) is 0. The quantitative estimate of drug-likeness (QED) is 0.182. The molecule has 1 spiro atoms. The summed E-state index contributed by atoms with van der Waals surface area (Å²) in [6.45, 7) is 0. The van der Waals surface area contributed by atoms with Crippen LogP contribution in [0.1, 0.15) is 22.3 Å². The lowest BCUT2D eigenvalue weighted by atomic mass is 9.70. The zero-order valence-corrected chi connectivity index (χ0v) is 29.9. The van der Waals surface area contributed by atoms with Gasteiger partial charge in [0.15, 0.2) is 5.58 Å². The first kappa shape index (κ1) is 30.3. The number of nitrogens with zero attached hydrogens (tertiary/aromatic N) is 1. The Bertz CT molecular complexity index is 3120. The zero-order chi connectivity index (χ0) is 36.1. The number of furan rings is 1. The smallest absolute Gasteiger partial charge is 0.159 e. The van der Waals surface area contributed by atoms with Gasteiger partial charge < -0.3 is 9.32 Å². The maximum Gasteiger partial charge on any atom is 0.159 e. The van der Waals surface area contributed by atoms with E-state index in [1.165, 1.54) is 66.4 Å². The van der Waals surface area contributed by atoms with E-state index in [9.17, 15) is 0 Å². The van der Waals surface area contributed by atoms with E-state index in [1.807, 2.05) is 6.07 Å². The largest absolute Gasteiger partial charge is 0.454 e. The van der Waals surface area contributed by atoms with E-state index in [4.69, 9.17) is 4.42 Å². The zero-order valence-electron chi connectivity index (χ0n) is 29.9. The van der Waals surface area contributed by atoms with Crippen LogP contribution in [0.15, 0.2) is 205 Å². The van der Waals surface area contributed by atoms with E-state index >= 15 is 0 Å². The first-order chi connectivity index (χ1) is 27.3. The summed E-state index contributed by atoms with van der Waals surface area (Å²) in [6.07, 6.45) is 0. The molecule has 0 unspecified atom stereocenters. The van der Waals surface area contributed by atoms with Crippen molar-refractivity contribution >= 4 is 49.8 Å². The first-order valence-electron chi connectivity index (χ1n) is 19.0. The monoisotopic (exact) mass is 699 g/mol. The number of hydrogen-bond donors (Lipinski definition) is 0. The van der Waals surface area contributed by atoms with Crippen LogP contribution >= 0.6 is 0 Å². The summed E-state index contributed by atoms with van der Waals surface area (Å²) >= 11 is 0. The fourth-order valence-electron chi connectivity index (χ4n) is 9.89. The van der Waals surface area contributed by atoms with Crippen LogP contribution in [0.2, 0.25) is 0 Å². The van der Waals surface area contributed by atoms with Crippen molar-refractivity contribution in [3.8, 4) is 33.4 Å². The lowest BCUT2D eigenvalue weighted by Gasteiger charge is -2.31. The highest BCUT2D eigenvalue weighted by Gasteiger charge is 2.52. The fraction of sp³-hybridized carbons (Fsp3) is 0.0189. The van der Waals surface area contributed by atoms with Crippen molar-refractivity contribution in [2.75, 3.05) is 4.90 Å². The van der Waals surface area contributed by atoms with E-state index in [0.717, 1.165) is 39.0 Å². The fourth-order valence-corrected chi connectivity index (χ4v) is 9.89. The molecular formula is C53H33NO. The molecule has 2 aliphatic carbocycles. The predicted octanol–water partition coefficient (Wildman–Crippen LogP) is 14.2. The van der Waals surface area contributed by atoms with Gasteiger partial charge >= 0.3 is 0 Å². The van der Waals surface area contributed by atoms with Crippen molar-refractivity contribution in [3.63, 3.8) is 0 Å². The number of anilines is 3. The van der Waals surface area contributed by atoms with Gasteiger partial charge in [-0.1, -0.05) is 170 Å². The molecule has 0 saturated heterocycles. The standard InChI is InChI=1S/C53H33NO/c1-2-16-37-34(14-1)15-11-21-38(37)35-30-32-36(33-31-35)54(49-28-12-22-42-41-19-6-10-29-50(41)55-52(42)49)48-27-13-26-47-51(48)43-20-5-9-25-46(43)53(47)44-23-7-3-17-39(44)40-18-4-8-24-45(40)53/h1-33H. The Morgan fingerprint density at radius 2 is 0.891 bits per heavy atom. The molecule has 0 aliphatic heterocycles. The summed E-state index contributed by atoms with van der Waals surface area (Å²) in [5.41, 5.74) is 17.3. The Kier molecular flexibility index (Phi) is 6.29. The van der Waals surface area contributed by atoms with Gasteiger partial charge in [0.25, 0.3) is 0 Å². The second-order valence-corrected chi connectivity index (χ2v) is 14.7. The Balaban J connectivity index is 1.15. The summed E-state index contributed by atoms with van der Waals surface area (Å²) in [5, 5.41) is 4.72. The van der Waals surface area contributed by atoms with Crippen LogP contribution in [0.4, 0.5) is 17.1 Å². The van der Waals surface area contributed by atoms with Crippen molar-refractivity contribution in [1.29, 1.82) is 0 Å². The first-order valence-corrected chi connectivity index (χ1v) is 19.0. The van der Waals surface area contributed by atoms with E-state index in [1.54, 1.807) is 0 Å². The highest BCUT2D eigenvalue weighted by molar-refractivity contribution is 6.11. The van der Waals surface area contributed by atoms with Crippen LogP contribution in [0.25, 0.3) is 66.1 Å². The lowest BCUT2D eigenvalue weighted by molar-refractivity contribution is 0.669. The molecule has 0 bridgehead atoms. The summed E-state index contributed by atoms with van der Waals surface area (Å²) in [7, 11) is 0. The van der Waals surface area contributed by atoms with Gasteiger partial charge in [0.05, 0.1) is 16.8 Å². The molecule has 12 rings (SSSR count). The van der Waals surface area contributed by atoms with Gasteiger partial charge in [0, 0.05) is 22.0 Å². The third kappa shape index (κ3) is 4.08. The summed E-state index contributed by atoms with van der Waals surface area (Å²) in [4.78, 5) is 2.43. The molecule has 9 aromatic carbocycles. The van der Waals surface area contributed by atoms with Crippen LogP contribution in [0.3, 0.4) is 0 Å². The molecule has 10 aromatic rings. The van der Waals surface area contributed by atoms with E-state index in [0.29, 0.717) is 0 Å². The molecule has 256 valence electrons. The number of hydrogen-bond acceptors (Lipinski definition) is 2. The Morgan fingerprint density at radius 1 is 0.364 bits per heavy atom. The molecule has 0 saturated carbocycles. The number of fused-ring (bicyclic) bond motifs is 14. The molecule has 1 aromatic heterocycles. The van der Waals surface area contributed by atoms with Gasteiger partial charge in [-0.25, -0.2) is 0 Å². The minimum Gasteiger partial charge on any atom is -0.454 e. The molecule has 0 radical (unpaired) electrons. The van der Waals surface area contributed by atoms with Gasteiger partial charge in [-0.2, -0.15) is 0 Å². The second-order valence-electron chi connectivity index (χ2n) is 14.7. The second kappa shape index (κ2) is 11.4. The van der Waals surface area contributed by atoms with Crippen molar-refractivity contribution in [2.24, 2.45) is 0 Å². The number of para-hydroxylation sites is 2. The van der Waals surface area contributed by atoms with Gasteiger partial charge in [0.1, 0.15) is 5.58 Å². The maximum atomic E-state index is 6.78. The third-order valence-corrected chi connectivity index (χ3v) is 12.1. The maximum absolute atomic E-state index is 6.78. The highest BCUT2D eigenvalue weighted by atomic mass is 16.3.